The number of halogens is 1. The lowest BCUT2D eigenvalue weighted by Gasteiger charge is -2.29. The zero-order valence-corrected chi connectivity index (χ0v) is 12.4. The van der Waals surface area contributed by atoms with Gasteiger partial charge in [-0.3, -0.25) is 4.72 Å². The fourth-order valence-corrected chi connectivity index (χ4v) is 3.77. The average Bonchev–Trinajstić information content (AvgIpc) is 2.78. The molecule has 2 aromatic rings. The van der Waals surface area contributed by atoms with Gasteiger partial charge in [-0.1, -0.05) is 23.7 Å². The molecule has 0 unspecified atom stereocenters. The van der Waals surface area contributed by atoms with Crippen molar-refractivity contribution >= 4 is 38.4 Å². The number of nitrogens with one attached hydrogen (secondary N) is 2. The van der Waals surface area contributed by atoms with Gasteiger partial charge in [-0.2, -0.15) is 12.7 Å². The van der Waals surface area contributed by atoms with Crippen molar-refractivity contribution in [3.8, 4) is 0 Å². The minimum Gasteiger partial charge on any atom is -0.383 e. The average molecular weight is 316 g/mol. The molecular formula is C12H14ClN3O3S. The lowest BCUT2D eigenvalue weighted by atomic mass is 10.1. The van der Waals surface area contributed by atoms with Crippen LogP contribution < -0.4 is 4.72 Å². The second kappa shape index (κ2) is 4.92. The maximum atomic E-state index is 12.2. The van der Waals surface area contributed by atoms with Crippen LogP contribution in [0.3, 0.4) is 0 Å². The number of hydrogen-bond donors (Lipinski definition) is 2. The van der Waals surface area contributed by atoms with E-state index in [0.717, 1.165) is 10.9 Å². The van der Waals surface area contributed by atoms with E-state index in [1.165, 1.54) is 4.31 Å². The largest absolute Gasteiger partial charge is 0.383 e. The Hall–Kier alpha value is -1.28. The molecule has 0 saturated heterocycles. The first kappa shape index (κ1) is 13.7. The van der Waals surface area contributed by atoms with Gasteiger partial charge in [0.25, 0.3) is 0 Å². The third kappa shape index (κ3) is 2.16. The van der Waals surface area contributed by atoms with Crippen molar-refractivity contribution in [1.29, 1.82) is 0 Å². The topological polar surface area (TPSA) is 74.4 Å². The minimum atomic E-state index is -3.55. The molecule has 0 spiro atoms. The highest BCUT2D eigenvalue weighted by atomic mass is 35.5. The van der Waals surface area contributed by atoms with Crippen LogP contribution in [0.1, 0.15) is 5.56 Å². The summed E-state index contributed by atoms with van der Waals surface area (Å²) in [5, 5.41) is 1.38. The molecule has 0 fully saturated rings. The molecule has 2 N–H and O–H groups in total. The first-order valence-corrected chi connectivity index (χ1v) is 7.90. The van der Waals surface area contributed by atoms with Gasteiger partial charge in [0.1, 0.15) is 0 Å². The Morgan fingerprint density at radius 1 is 1.45 bits per heavy atom. The molecule has 6 nitrogen and oxygen atoms in total. The summed E-state index contributed by atoms with van der Waals surface area (Å²) < 4.78 is 33.3. The van der Waals surface area contributed by atoms with Crippen molar-refractivity contribution in [2.75, 3.05) is 25.0 Å². The van der Waals surface area contributed by atoms with Crippen LogP contribution >= 0.6 is 11.6 Å². The molecule has 1 aromatic heterocycles. The minimum absolute atomic E-state index is 0.314. The van der Waals surface area contributed by atoms with Gasteiger partial charge < -0.3 is 9.72 Å². The van der Waals surface area contributed by atoms with Gasteiger partial charge in [0.05, 0.1) is 22.8 Å². The van der Waals surface area contributed by atoms with Crippen molar-refractivity contribution in [2.45, 2.75) is 6.54 Å². The van der Waals surface area contributed by atoms with E-state index in [2.05, 4.69) is 9.71 Å². The van der Waals surface area contributed by atoms with Crippen LogP contribution in [0.15, 0.2) is 18.3 Å². The molecule has 2 heterocycles. The Kier molecular flexibility index (Phi) is 3.37. The molecule has 0 bridgehead atoms. The maximum absolute atomic E-state index is 12.2. The summed E-state index contributed by atoms with van der Waals surface area (Å²) in [4.78, 5) is 3.01. The van der Waals surface area contributed by atoms with E-state index in [1.807, 2.05) is 12.1 Å². The number of rotatable bonds is 3. The molecule has 1 aromatic carbocycles. The summed E-state index contributed by atoms with van der Waals surface area (Å²) in [6.45, 7) is 0.988. The van der Waals surface area contributed by atoms with Crippen LogP contribution in [0.2, 0.25) is 5.02 Å². The van der Waals surface area contributed by atoms with E-state index in [9.17, 15) is 8.42 Å². The Morgan fingerprint density at radius 2 is 2.25 bits per heavy atom. The second-order valence-corrected chi connectivity index (χ2v) is 6.67. The monoisotopic (exact) mass is 315 g/mol. The number of anilines is 1. The Balaban J connectivity index is 2.06. The SMILES string of the molecule is COCCN1Cc2ccc3c(Cl)c[nH]c3c2NS1(=O)=O. The summed E-state index contributed by atoms with van der Waals surface area (Å²) in [7, 11) is -2.01. The molecular weight excluding hydrogens is 302 g/mol. The summed E-state index contributed by atoms with van der Waals surface area (Å²) in [6.07, 6.45) is 1.65. The zero-order chi connectivity index (χ0) is 14.3. The van der Waals surface area contributed by atoms with Gasteiger partial charge in [-0.25, -0.2) is 0 Å². The number of aromatic amines is 1. The van der Waals surface area contributed by atoms with E-state index >= 15 is 0 Å². The molecule has 1 aliphatic heterocycles. The van der Waals surface area contributed by atoms with Crippen molar-refractivity contribution in [1.82, 2.24) is 9.29 Å². The van der Waals surface area contributed by atoms with Crippen molar-refractivity contribution in [3.63, 3.8) is 0 Å². The number of aromatic nitrogens is 1. The summed E-state index contributed by atoms with van der Waals surface area (Å²) in [6, 6.07) is 3.78. The van der Waals surface area contributed by atoms with Gasteiger partial charge in [-0.15, -0.1) is 0 Å². The lowest BCUT2D eigenvalue weighted by molar-refractivity contribution is 0.177. The number of fused-ring (bicyclic) bond motifs is 3. The Bertz CT molecular complexity index is 757. The number of H-pyrrole nitrogens is 1. The molecule has 8 heteroatoms. The highest BCUT2D eigenvalue weighted by Gasteiger charge is 2.30. The second-order valence-electron chi connectivity index (χ2n) is 4.59. The third-order valence-corrected chi connectivity index (χ3v) is 5.12. The summed E-state index contributed by atoms with van der Waals surface area (Å²) in [5.74, 6) is 0. The van der Waals surface area contributed by atoms with Crippen LogP contribution in [0, 0.1) is 0 Å². The molecule has 0 radical (unpaired) electrons. The van der Waals surface area contributed by atoms with E-state index in [0.29, 0.717) is 35.9 Å². The van der Waals surface area contributed by atoms with E-state index in [1.54, 1.807) is 13.3 Å². The van der Waals surface area contributed by atoms with Gasteiger partial charge in [0, 0.05) is 31.8 Å². The molecule has 20 heavy (non-hydrogen) atoms. The quantitative estimate of drug-likeness (QED) is 0.909. The highest BCUT2D eigenvalue weighted by molar-refractivity contribution is 7.90. The van der Waals surface area contributed by atoms with E-state index < -0.39 is 10.2 Å². The molecule has 0 saturated carbocycles. The third-order valence-electron chi connectivity index (χ3n) is 3.35. The number of methoxy groups -OCH3 is 1. The van der Waals surface area contributed by atoms with Crippen LogP contribution in [0.25, 0.3) is 10.9 Å². The predicted octanol–water partition coefficient (Wildman–Crippen LogP) is 1.94. The van der Waals surface area contributed by atoms with Crippen molar-refractivity contribution in [3.05, 3.63) is 28.9 Å². The first-order valence-electron chi connectivity index (χ1n) is 6.08. The summed E-state index contributed by atoms with van der Waals surface area (Å²) >= 11 is 6.05. The van der Waals surface area contributed by atoms with Crippen LogP contribution in [0.4, 0.5) is 5.69 Å². The summed E-state index contributed by atoms with van der Waals surface area (Å²) in [5.41, 5.74) is 2.19. The molecule has 0 atom stereocenters. The smallest absolute Gasteiger partial charge is 0.302 e. The normalized spacial score (nSPS) is 17.9. The molecule has 0 amide bonds. The highest BCUT2D eigenvalue weighted by Crippen LogP contribution is 2.35. The number of ether oxygens (including phenoxy) is 1. The Morgan fingerprint density at radius 3 is 3.00 bits per heavy atom. The number of hydrogen-bond acceptors (Lipinski definition) is 3. The molecule has 3 rings (SSSR count). The van der Waals surface area contributed by atoms with Crippen molar-refractivity contribution in [2.24, 2.45) is 0 Å². The van der Waals surface area contributed by atoms with Gasteiger partial charge in [0.15, 0.2) is 0 Å². The molecule has 0 aliphatic carbocycles. The van der Waals surface area contributed by atoms with Crippen LogP contribution in [-0.4, -0.2) is 38.0 Å². The fourth-order valence-electron chi connectivity index (χ4n) is 2.32. The maximum Gasteiger partial charge on any atom is 0.302 e. The predicted molar refractivity (Wildman–Crippen MR) is 78.1 cm³/mol. The first-order chi connectivity index (χ1) is 9.53. The Labute approximate surface area is 121 Å². The molecule has 1 aliphatic rings. The molecule has 108 valence electrons. The van der Waals surface area contributed by atoms with Crippen molar-refractivity contribution < 1.29 is 13.2 Å². The number of nitrogens with zero attached hydrogens (tertiary/aromatic N) is 1. The fraction of sp³-hybridized carbons (Fsp3) is 0.333. The van der Waals surface area contributed by atoms with Gasteiger partial charge in [0.2, 0.25) is 0 Å². The van der Waals surface area contributed by atoms with E-state index in [4.69, 9.17) is 16.3 Å². The zero-order valence-electron chi connectivity index (χ0n) is 10.8. The van der Waals surface area contributed by atoms with Crippen LogP contribution in [0.5, 0.6) is 0 Å². The van der Waals surface area contributed by atoms with E-state index in [-0.39, 0.29) is 0 Å². The lowest BCUT2D eigenvalue weighted by Crippen LogP contribution is -2.41. The van der Waals surface area contributed by atoms with Gasteiger partial charge in [-0.05, 0) is 5.56 Å². The number of benzene rings is 1. The van der Waals surface area contributed by atoms with Gasteiger partial charge >= 0.3 is 10.2 Å². The van der Waals surface area contributed by atoms with Crippen LogP contribution in [-0.2, 0) is 21.5 Å². The standard InChI is InChI=1S/C12H14ClN3O3S/c1-19-5-4-16-7-8-2-3-9-10(13)6-14-12(9)11(8)15-20(16,17)18/h2-3,6,14-15H,4-5,7H2,1H3.